The molecule has 128 valence electrons. The van der Waals surface area contributed by atoms with Crippen LogP contribution in [0.4, 0.5) is 0 Å². The molecule has 2 aromatic heterocycles. The fourth-order valence-corrected chi connectivity index (χ4v) is 3.21. The number of para-hydroxylation sites is 1. The van der Waals surface area contributed by atoms with E-state index in [9.17, 15) is 4.79 Å². The number of aromatic nitrogens is 2. The van der Waals surface area contributed by atoms with Crippen LogP contribution in [0.15, 0.2) is 72.0 Å². The van der Waals surface area contributed by atoms with Gasteiger partial charge in [0, 0.05) is 34.5 Å². The van der Waals surface area contributed by atoms with Gasteiger partial charge in [0.25, 0.3) is 5.91 Å². The van der Waals surface area contributed by atoms with Crippen molar-refractivity contribution in [1.82, 2.24) is 15.0 Å². The van der Waals surface area contributed by atoms with Crippen LogP contribution >= 0.6 is 0 Å². The zero-order valence-electron chi connectivity index (χ0n) is 14.4. The lowest BCUT2D eigenvalue weighted by atomic mass is 10.1. The van der Waals surface area contributed by atoms with Gasteiger partial charge in [-0.2, -0.15) is 5.10 Å². The van der Waals surface area contributed by atoms with Crippen LogP contribution in [-0.4, -0.2) is 21.7 Å². The fourth-order valence-electron chi connectivity index (χ4n) is 3.21. The van der Waals surface area contributed by atoms with E-state index in [4.69, 9.17) is 0 Å². The average Bonchev–Trinajstić information content (AvgIpc) is 3.01. The summed E-state index contributed by atoms with van der Waals surface area (Å²) in [7, 11) is 0. The lowest BCUT2D eigenvalue weighted by Crippen LogP contribution is -2.18. The molecule has 1 amide bonds. The van der Waals surface area contributed by atoms with Crippen LogP contribution in [0.25, 0.3) is 21.8 Å². The number of amides is 1. The van der Waals surface area contributed by atoms with Crippen LogP contribution in [0, 0.1) is 0 Å². The van der Waals surface area contributed by atoms with Crippen molar-refractivity contribution in [2.24, 2.45) is 5.10 Å². The Morgan fingerprint density at radius 3 is 2.69 bits per heavy atom. The number of rotatable bonds is 4. The number of hydrazone groups is 1. The molecule has 5 heteroatoms. The number of nitrogens with zero attached hydrogens (tertiary/aromatic N) is 3. The Morgan fingerprint density at radius 2 is 1.88 bits per heavy atom. The monoisotopic (exact) mass is 342 g/mol. The van der Waals surface area contributed by atoms with E-state index in [1.54, 1.807) is 30.6 Å². The Morgan fingerprint density at radius 1 is 1.08 bits per heavy atom. The Balaban J connectivity index is 1.63. The number of fused-ring (bicyclic) bond motifs is 3. The molecule has 0 aliphatic rings. The molecule has 4 rings (SSSR count). The smallest absolute Gasteiger partial charge is 0.289 e. The number of pyridine rings is 1. The van der Waals surface area contributed by atoms with Gasteiger partial charge in [0.05, 0.1) is 6.21 Å². The number of hydrogen-bond donors (Lipinski definition) is 1. The molecule has 1 N–H and O–H groups in total. The molecule has 0 aliphatic heterocycles. The third-order valence-corrected chi connectivity index (χ3v) is 4.39. The Labute approximate surface area is 151 Å². The number of benzene rings is 2. The summed E-state index contributed by atoms with van der Waals surface area (Å²) >= 11 is 0. The van der Waals surface area contributed by atoms with Crippen molar-refractivity contribution in [2.45, 2.75) is 13.5 Å². The van der Waals surface area contributed by atoms with Crippen LogP contribution in [-0.2, 0) is 6.54 Å². The molecule has 0 saturated heterocycles. The van der Waals surface area contributed by atoms with Crippen LogP contribution in [0.2, 0.25) is 0 Å². The van der Waals surface area contributed by atoms with E-state index in [0.29, 0.717) is 5.69 Å². The molecule has 0 atom stereocenters. The van der Waals surface area contributed by atoms with E-state index in [-0.39, 0.29) is 5.91 Å². The van der Waals surface area contributed by atoms with E-state index < -0.39 is 0 Å². The number of carbonyl (C=O) groups is 1. The van der Waals surface area contributed by atoms with E-state index in [0.717, 1.165) is 12.1 Å². The van der Waals surface area contributed by atoms with Crippen molar-refractivity contribution >= 4 is 33.9 Å². The lowest BCUT2D eigenvalue weighted by Gasteiger charge is -2.02. The maximum absolute atomic E-state index is 12.0. The van der Waals surface area contributed by atoms with Gasteiger partial charge in [0.1, 0.15) is 5.69 Å². The highest BCUT2D eigenvalue weighted by atomic mass is 16.2. The number of carbonyl (C=O) groups excluding carboxylic acids is 1. The van der Waals surface area contributed by atoms with E-state index in [1.165, 1.54) is 21.8 Å². The van der Waals surface area contributed by atoms with E-state index >= 15 is 0 Å². The molecular formula is C21H18N4O. The van der Waals surface area contributed by atoms with Gasteiger partial charge in [-0.25, -0.2) is 5.43 Å². The molecule has 0 saturated carbocycles. The second-order valence-electron chi connectivity index (χ2n) is 5.95. The summed E-state index contributed by atoms with van der Waals surface area (Å²) in [5, 5.41) is 6.46. The highest BCUT2D eigenvalue weighted by Gasteiger charge is 2.09. The second-order valence-corrected chi connectivity index (χ2v) is 5.95. The van der Waals surface area contributed by atoms with Crippen LogP contribution in [0.3, 0.4) is 0 Å². The van der Waals surface area contributed by atoms with Gasteiger partial charge in [-0.1, -0.05) is 30.3 Å². The lowest BCUT2D eigenvalue weighted by molar-refractivity contribution is 0.0950. The predicted octanol–water partition coefficient (Wildman–Crippen LogP) is 3.97. The SMILES string of the molecule is CCn1c2ccccc2c2cc(C=NNC(=O)c3ccccn3)ccc21. The van der Waals surface area contributed by atoms with Gasteiger partial charge in [0.2, 0.25) is 0 Å². The van der Waals surface area contributed by atoms with E-state index in [1.807, 2.05) is 6.07 Å². The zero-order valence-corrected chi connectivity index (χ0v) is 14.4. The summed E-state index contributed by atoms with van der Waals surface area (Å²) in [6, 6.07) is 19.8. The third-order valence-electron chi connectivity index (χ3n) is 4.39. The summed E-state index contributed by atoms with van der Waals surface area (Å²) in [5.41, 5.74) is 6.20. The van der Waals surface area contributed by atoms with Crippen LogP contribution < -0.4 is 5.43 Å². The molecule has 0 spiro atoms. The first kappa shape index (κ1) is 16.0. The van der Waals surface area contributed by atoms with Crippen molar-refractivity contribution in [3.05, 3.63) is 78.1 Å². The van der Waals surface area contributed by atoms with Gasteiger partial charge in [-0.15, -0.1) is 0 Å². The summed E-state index contributed by atoms with van der Waals surface area (Å²) < 4.78 is 2.30. The minimum Gasteiger partial charge on any atom is -0.341 e. The number of hydrogen-bond acceptors (Lipinski definition) is 3. The second kappa shape index (κ2) is 6.80. The Bertz CT molecular complexity index is 1110. The van der Waals surface area contributed by atoms with Gasteiger partial charge in [0.15, 0.2) is 0 Å². The molecule has 5 nitrogen and oxygen atoms in total. The molecule has 2 heterocycles. The van der Waals surface area contributed by atoms with Crippen LogP contribution in [0.5, 0.6) is 0 Å². The molecule has 0 fully saturated rings. The first-order valence-electron chi connectivity index (χ1n) is 8.53. The molecule has 0 bridgehead atoms. The minimum atomic E-state index is -0.328. The molecular weight excluding hydrogens is 324 g/mol. The zero-order chi connectivity index (χ0) is 17.9. The Hall–Kier alpha value is -3.47. The quantitative estimate of drug-likeness (QED) is 0.450. The van der Waals surface area contributed by atoms with Crippen molar-refractivity contribution < 1.29 is 4.79 Å². The summed E-state index contributed by atoms with van der Waals surface area (Å²) in [6.07, 6.45) is 3.23. The molecule has 0 aliphatic carbocycles. The summed E-state index contributed by atoms with van der Waals surface area (Å²) in [5.74, 6) is -0.328. The number of aryl methyl sites for hydroxylation is 1. The van der Waals surface area contributed by atoms with Crippen molar-refractivity contribution in [2.75, 3.05) is 0 Å². The topological polar surface area (TPSA) is 59.3 Å². The van der Waals surface area contributed by atoms with Gasteiger partial charge in [-0.3, -0.25) is 9.78 Å². The fraction of sp³-hybridized carbons (Fsp3) is 0.0952. The highest BCUT2D eigenvalue weighted by molar-refractivity contribution is 6.09. The predicted molar refractivity (Wildman–Crippen MR) is 104 cm³/mol. The minimum absolute atomic E-state index is 0.328. The number of nitrogens with one attached hydrogen (secondary N) is 1. The maximum atomic E-state index is 12.0. The van der Waals surface area contributed by atoms with Crippen molar-refractivity contribution in [1.29, 1.82) is 0 Å². The molecule has 0 radical (unpaired) electrons. The van der Waals surface area contributed by atoms with Gasteiger partial charge >= 0.3 is 0 Å². The maximum Gasteiger partial charge on any atom is 0.289 e. The average molecular weight is 342 g/mol. The van der Waals surface area contributed by atoms with E-state index in [2.05, 4.69) is 63.4 Å². The van der Waals surface area contributed by atoms with Crippen LogP contribution in [0.1, 0.15) is 23.0 Å². The normalized spacial score (nSPS) is 11.4. The van der Waals surface area contributed by atoms with Crippen molar-refractivity contribution in [3.8, 4) is 0 Å². The first-order valence-corrected chi connectivity index (χ1v) is 8.53. The standard InChI is InChI=1S/C21H18N4O/c1-2-25-19-9-4-3-7-16(19)17-13-15(10-11-20(17)25)14-23-24-21(26)18-8-5-6-12-22-18/h3-14H,2H2,1H3,(H,24,26). The third kappa shape index (κ3) is 2.84. The summed E-state index contributed by atoms with van der Waals surface area (Å²) in [4.78, 5) is 16.0. The van der Waals surface area contributed by atoms with Gasteiger partial charge in [-0.05, 0) is 42.8 Å². The highest BCUT2D eigenvalue weighted by Crippen LogP contribution is 2.29. The summed E-state index contributed by atoms with van der Waals surface area (Å²) in [6.45, 7) is 3.06. The Kier molecular flexibility index (Phi) is 4.19. The first-order chi connectivity index (χ1) is 12.8. The largest absolute Gasteiger partial charge is 0.341 e. The molecule has 4 aromatic rings. The van der Waals surface area contributed by atoms with Crippen molar-refractivity contribution in [3.63, 3.8) is 0 Å². The van der Waals surface area contributed by atoms with Gasteiger partial charge < -0.3 is 4.57 Å². The molecule has 0 unspecified atom stereocenters. The molecule has 2 aromatic carbocycles. The molecule has 26 heavy (non-hydrogen) atoms.